The van der Waals surface area contributed by atoms with E-state index in [4.69, 9.17) is 0 Å². The van der Waals surface area contributed by atoms with E-state index in [1.165, 1.54) is 6.42 Å². The molecule has 2 atom stereocenters. The molecule has 3 heteroatoms. The van der Waals surface area contributed by atoms with Crippen LogP contribution in [0.2, 0.25) is 0 Å². The maximum absolute atomic E-state index is 10.1. The average molecular weight is 314 g/mol. The van der Waals surface area contributed by atoms with Crippen molar-refractivity contribution in [3.05, 3.63) is 34.3 Å². The zero-order chi connectivity index (χ0) is 13.5. The van der Waals surface area contributed by atoms with Gasteiger partial charge in [-0.2, -0.15) is 0 Å². The SMILES string of the molecule is CCC(C)CN(C)CCC(O)c1ccc(Br)cc1. The van der Waals surface area contributed by atoms with Gasteiger partial charge in [0.2, 0.25) is 0 Å². The third-order valence-electron chi connectivity index (χ3n) is 3.36. The standard InChI is InChI=1S/C15H24BrNO/c1-4-12(2)11-17(3)10-9-15(18)13-5-7-14(16)8-6-13/h5-8,12,15,18H,4,9-11H2,1-3H3. The molecule has 102 valence electrons. The van der Waals surface area contributed by atoms with E-state index in [1.807, 2.05) is 24.3 Å². The van der Waals surface area contributed by atoms with Gasteiger partial charge in [-0.15, -0.1) is 0 Å². The number of nitrogens with zero attached hydrogens (tertiary/aromatic N) is 1. The van der Waals surface area contributed by atoms with E-state index in [9.17, 15) is 5.11 Å². The van der Waals surface area contributed by atoms with Crippen LogP contribution in [0.5, 0.6) is 0 Å². The molecular formula is C15H24BrNO. The number of aliphatic hydroxyl groups is 1. The molecular weight excluding hydrogens is 290 g/mol. The monoisotopic (exact) mass is 313 g/mol. The quantitative estimate of drug-likeness (QED) is 0.826. The predicted molar refractivity (Wildman–Crippen MR) is 80.7 cm³/mol. The molecule has 2 nitrogen and oxygen atoms in total. The number of halogens is 1. The average Bonchev–Trinajstić information content (AvgIpc) is 2.36. The van der Waals surface area contributed by atoms with E-state index in [1.54, 1.807) is 0 Å². The minimum atomic E-state index is -0.363. The Morgan fingerprint density at radius 2 is 1.89 bits per heavy atom. The zero-order valence-corrected chi connectivity index (χ0v) is 13.2. The van der Waals surface area contributed by atoms with Crippen molar-refractivity contribution in [2.24, 2.45) is 5.92 Å². The van der Waals surface area contributed by atoms with Crippen molar-refractivity contribution in [3.63, 3.8) is 0 Å². The van der Waals surface area contributed by atoms with Crippen LogP contribution in [0.1, 0.15) is 38.4 Å². The summed E-state index contributed by atoms with van der Waals surface area (Å²) in [6.07, 6.45) is 1.63. The number of hydrogen-bond donors (Lipinski definition) is 1. The summed E-state index contributed by atoms with van der Waals surface area (Å²) >= 11 is 3.40. The highest BCUT2D eigenvalue weighted by atomic mass is 79.9. The van der Waals surface area contributed by atoms with Crippen LogP contribution in [-0.2, 0) is 0 Å². The molecule has 0 amide bonds. The highest BCUT2D eigenvalue weighted by Crippen LogP contribution is 2.19. The van der Waals surface area contributed by atoms with Gasteiger partial charge in [0.25, 0.3) is 0 Å². The van der Waals surface area contributed by atoms with Crippen LogP contribution in [0.3, 0.4) is 0 Å². The summed E-state index contributed by atoms with van der Waals surface area (Å²) < 4.78 is 1.05. The fraction of sp³-hybridized carbons (Fsp3) is 0.600. The Balaban J connectivity index is 2.36. The lowest BCUT2D eigenvalue weighted by Crippen LogP contribution is -2.26. The van der Waals surface area contributed by atoms with Gasteiger partial charge in [0.15, 0.2) is 0 Å². The second kappa shape index (κ2) is 7.93. The normalized spacial score (nSPS) is 14.8. The summed E-state index contributed by atoms with van der Waals surface area (Å²) in [5, 5.41) is 10.1. The van der Waals surface area contributed by atoms with Crippen LogP contribution >= 0.6 is 15.9 Å². The summed E-state index contributed by atoms with van der Waals surface area (Å²) in [6, 6.07) is 7.90. The molecule has 0 spiro atoms. The van der Waals surface area contributed by atoms with Crippen molar-refractivity contribution in [2.45, 2.75) is 32.8 Å². The van der Waals surface area contributed by atoms with E-state index in [0.717, 1.165) is 35.5 Å². The molecule has 0 aromatic heterocycles. The molecule has 1 aromatic carbocycles. The first-order valence-electron chi connectivity index (χ1n) is 6.65. The van der Waals surface area contributed by atoms with E-state index < -0.39 is 0 Å². The zero-order valence-electron chi connectivity index (χ0n) is 11.6. The molecule has 0 aliphatic carbocycles. The summed E-state index contributed by atoms with van der Waals surface area (Å²) in [7, 11) is 2.13. The Morgan fingerprint density at radius 1 is 1.28 bits per heavy atom. The van der Waals surface area contributed by atoms with Crippen LogP contribution < -0.4 is 0 Å². The predicted octanol–water partition coefficient (Wildman–Crippen LogP) is 3.85. The molecule has 0 heterocycles. The summed E-state index contributed by atoms with van der Waals surface area (Å²) in [4.78, 5) is 2.30. The van der Waals surface area contributed by atoms with Crippen LogP contribution in [0.4, 0.5) is 0 Å². The van der Waals surface area contributed by atoms with E-state index in [-0.39, 0.29) is 6.10 Å². The first-order chi connectivity index (χ1) is 8.52. The molecule has 0 saturated carbocycles. The fourth-order valence-electron chi connectivity index (χ4n) is 1.95. The highest BCUT2D eigenvalue weighted by Gasteiger charge is 2.10. The lowest BCUT2D eigenvalue weighted by Gasteiger charge is -2.22. The Kier molecular flexibility index (Phi) is 6.90. The van der Waals surface area contributed by atoms with Crippen molar-refractivity contribution in [1.82, 2.24) is 4.90 Å². The van der Waals surface area contributed by atoms with Gasteiger partial charge in [-0.3, -0.25) is 0 Å². The molecule has 0 saturated heterocycles. The van der Waals surface area contributed by atoms with E-state index in [2.05, 4.69) is 41.7 Å². The maximum atomic E-state index is 10.1. The molecule has 0 bridgehead atoms. The van der Waals surface area contributed by atoms with Crippen molar-refractivity contribution in [3.8, 4) is 0 Å². The maximum Gasteiger partial charge on any atom is 0.0802 e. The topological polar surface area (TPSA) is 23.5 Å². The first-order valence-corrected chi connectivity index (χ1v) is 7.44. The Bertz CT molecular complexity index is 339. The minimum absolute atomic E-state index is 0.363. The van der Waals surface area contributed by atoms with Crippen LogP contribution in [0, 0.1) is 5.92 Å². The molecule has 1 N–H and O–H groups in total. The molecule has 1 aromatic rings. The molecule has 0 aliphatic heterocycles. The van der Waals surface area contributed by atoms with Crippen LogP contribution in [-0.4, -0.2) is 30.1 Å². The number of aliphatic hydroxyl groups excluding tert-OH is 1. The third kappa shape index (κ3) is 5.51. The number of rotatable bonds is 7. The number of benzene rings is 1. The van der Waals surface area contributed by atoms with E-state index in [0.29, 0.717) is 0 Å². The minimum Gasteiger partial charge on any atom is -0.388 e. The van der Waals surface area contributed by atoms with Gasteiger partial charge in [-0.05, 0) is 37.1 Å². The van der Waals surface area contributed by atoms with Crippen molar-refractivity contribution in [2.75, 3.05) is 20.1 Å². The molecule has 1 rings (SSSR count). The molecule has 18 heavy (non-hydrogen) atoms. The number of hydrogen-bond acceptors (Lipinski definition) is 2. The largest absolute Gasteiger partial charge is 0.388 e. The highest BCUT2D eigenvalue weighted by molar-refractivity contribution is 9.10. The molecule has 0 radical (unpaired) electrons. The third-order valence-corrected chi connectivity index (χ3v) is 3.89. The molecule has 0 aliphatic rings. The van der Waals surface area contributed by atoms with Gasteiger partial charge >= 0.3 is 0 Å². The van der Waals surface area contributed by atoms with Crippen molar-refractivity contribution in [1.29, 1.82) is 0 Å². The molecule has 0 fully saturated rings. The van der Waals surface area contributed by atoms with Crippen LogP contribution in [0.15, 0.2) is 28.7 Å². The van der Waals surface area contributed by atoms with Crippen LogP contribution in [0.25, 0.3) is 0 Å². The Morgan fingerprint density at radius 3 is 2.44 bits per heavy atom. The Labute approximate surface area is 119 Å². The van der Waals surface area contributed by atoms with Gasteiger partial charge in [0.1, 0.15) is 0 Å². The smallest absolute Gasteiger partial charge is 0.0802 e. The van der Waals surface area contributed by atoms with Gasteiger partial charge in [0.05, 0.1) is 6.10 Å². The van der Waals surface area contributed by atoms with Gasteiger partial charge in [-0.25, -0.2) is 0 Å². The van der Waals surface area contributed by atoms with E-state index >= 15 is 0 Å². The van der Waals surface area contributed by atoms with Gasteiger partial charge in [0, 0.05) is 17.6 Å². The summed E-state index contributed by atoms with van der Waals surface area (Å²) in [5.41, 5.74) is 0.995. The lowest BCUT2D eigenvalue weighted by atomic mass is 10.1. The van der Waals surface area contributed by atoms with Crippen molar-refractivity contribution >= 4 is 15.9 Å². The Hall–Kier alpha value is -0.380. The van der Waals surface area contributed by atoms with Gasteiger partial charge < -0.3 is 10.0 Å². The lowest BCUT2D eigenvalue weighted by molar-refractivity contribution is 0.145. The first kappa shape index (κ1) is 15.7. The molecule has 2 unspecified atom stereocenters. The fourth-order valence-corrected chi connectivity index (χ4v) is 2.21. The summed E-state index contributed by atoms with van der Waals surface area (Å²) in [5.74, 6) is 0.722. The summed E-state index contributed by atoms with van der Waals surface area (Å²) in [6.45, 7) is 6.52. The second-order valence-electron chi connectivity index (χ2n) is 5.13. The van der Waals surface area contributed by atoms with Crippen molar-refractivity contribution < 1.29 is 5.11 Å². The second-order valence-corrected chi connectivity index (χ2v) is 6.05. The van der Waals surface area contributed by atoms with Gasteiger partial charge in [-0.1, -0.05) is 48.3 Å².